The highest BCUT2D eigenvalue weighted by Crippen LogP contribution is 2.35. The van der Waals surface area contributed by atoms with Crippen LogP contribution in [0.4, 0.5) is 0 Å². The molecule has 1 fully saturated rings. The van der Waals surface area contributed by atoms with E-state index < -0.39 is 11.6 Å². The molecule has 0 aromatic carbocycles. The van der Waals surface area contributed by atoms with Crippen molar-refractivity contribution in [1.29, 1.82) is 0 Å². The number of esters is 1. The van der Waals surface area contributed by atoms with Crippen LogP contribution in [0.15, 0.2) is 16.6 Å². The molecule has 1 saturated heterocycles. The molecule has 0 aliphatic carbocycles. The number of amides is 2. The normalized spacial score (nSPS) is 18.0. The lowest BCUT2D eigenvalue weighted by Gasteiger charge is -2.37. The molecule has 1 spiro atoms. The topological polar surface area (TPSA) is 97.3 Å². The summed E-state index contributed by atoms with van der Waals surface area (Å²) >= 11 is 7.37. The van der Waals surface area contributed by atoms with Crippen LogP contribution >= 0.6 is 22.9 Å². The highest BCUT2D eigenvalue weighted by molar-refractivity contribution is 7.12. The molecule has 1 N–H and O–H groups in total. The molecule has 0 saturated carbocycles. The molecular weight excluding hydrogens is 394 g/mol. The Bertz CT molecular complexity index is 770. The molecule has 10 heteroatoms. The van der Waals surface area contributed by atoms with Crippen molar-refractivity contribution >= 4 is 46.4 Å². The monoisotopic (exact) mass is 413 g/mol. The number of nitrogens with one attached hydrogen (secondary N) is 1. The van der Waals surface area contributed by atoms with E-state index in [1.54, 1.807) is 16.3 Å². The summed E-state index contributed by atoms with van der Waals surface area (Å²) in [6, 6.07) is 1.71. The Morgan fingerprint density at radius 3 is 2.78 bits per heavy atom. The largest absolute Gasteiger partial charge is 0.464 e. The Morgan fingerprint density at radius 1 is 1.41 bits per heavy atom. The second kappa shape index (κ2) is 8.26. The Morgan fingerprint density at radius 2 is 2.15 bits per heavy atom. The van der Waals surface area contributed by atoms with E-state index in [0.717, 1.165) is 0 Å². The summed E-state index contributed by atoms with van der Waals surface area (Å²) in [4.78, 5) is 43.3. The van der Waals surface area contributed by atoms with Crippen LogP contribution in [0.1, 0.15) is 35.9 Å². The number of rotatable bonds is 5. The molecule has 3 rings (SSSR count). The average Bonchev–Trinajstić information content (AvgIpc) is 3.25. The number of carbonyl (C=O) groups excluding carboxylic acids is 3. The molecule has 0 bridgehead atoms. The first-order valence-electron chi connectivity index (χ1n) is 8.59. The van der Waals surface area contributed by atoms with Crippen LogP contribution in [0, 0.1) is 0 Å². The van der Waals surface area contributed by atoms with Gasteiger partial charge in [0.1, 0.15) is 22.8 Å². The molecule has 8 nitrogen and oxygen atoms in total. The maximum atomic E-state index is 12.5. The van der Waals surface area contributed by atoms with Crippen LogP contribution in [0.3, 0.4) is 0 Å². The maximum Gasteiger partial charge on any atom is 0.302 e. The van der Waals surface area contributed by atoms with E-state index in [2.05, 4.69) is 10.5 Å². The molecule has 1 aromatic heterocycles. The highest BCUT2D eigenvalue weighted by atomic mass is 35.5. The summed E-state index contributed by atoms with van der Waals surface area (Å²) in [6.45, 7) is 2.68. The third kappa shape index (κ3) is 4.59. The van der Waals surface area contributed by atoms with Crippen molar-refractivity contribution in [2.75, 3.05) is 26.2 Å². The fourth-order valence-electron chi connectivity index (χ4n) is 3.08. The molecule has 0 atom stereocenters. The zero-order valence-electron chi connectivity index (χ0n) is 14.8. The van der Waals surface area contributed by atoms with Gasteiger partial charge in [0.15, 0.2) is 0 Å². The van der Waals surface area contributed by atoms with E-state index in [1.165, 1.54) is 18.3 Å². The van der Waals surface area contributed by atoms with Gasteiger partial charge in [-0.2, -0.15) is 0 Å². The zero-order chi connectivity index (χ0) is 19.4. The highest BCUT2D eigenvalue weighted by Gasteiger charge is 2.44. The van der Waals surface area contributed by atoms with Gasteiger partial charge in [0.2, 0.25) is 0 Å². The number of ether oxygens (including phenoxy) is 1. The Hall–Kier alpha value is -2.13. The molecular formula is C17H20ClN3O5S. The van der Waals surface area contributed by atoms with Gasteiger partial charge in [0.05, 0.1) is 11.6 Å². The molecule has 0 radical (unpaired) electrons. The first-order chi connectivity index (χ1) is 12.9. The van der Waals surface area contributed by atoms with Gasteiger partial charge < -0.3 is 19.8 Å². The summed E-state index contributed by atoms with van der Waals surface area (Å²) in [6.07, 6.45) is 1.58. The van der Waals surface area contributed by atoms with Crippen molar-refractivity contribution in [3.8, 4) is 0 Å². The molecule has 2 aliphatic rings. The van der Waals surface area contributed by atoms with Crippen molar-refractivity contribution in [3.05, 3.63) is 21.3 Å². The first kappa shape index (κ1) is 19.6. The molecule has 146 valence electrons. The van der Waals surface area contributed by atoms with E-state index in [4.69, 9.17) is 21.2 Å². The smallest absolute Gasteiger partial charge is 0.302 e. The average molecular weight is 414 g/mol. The molecule has 0 unspecified atom stereocenters. The summed E-state index contributed by atoms with van der Waals surface area (Å²) in [5.74, 6) is -0.801. The van der Waals surface area contributed by atoms with Crippen LogP contribution in [0.2, 0.25) is 5.02 Å². The Labute approximate surface area is 165 Å². The Balaban J connectivity index is 1.47. The first-order valence-corrected chi connectivity index (χ1v) is 9.85. The standard InChI is InChI=1S/C17H20ClN3O5S/c1-11(22)25-8-5-19-15(23)13-10-17(26-20-13)3-6-21(7-4-17)16(24)14-12(18)2-9-27-14/h2,9H,3-8,10H2,1H3,(H,19,23). The number of halogens is 1. The molecule has 2 aliphatic heterocycles. The van der Waals surface area contributed by atoms with E-state index in [-0.39, 0.29) is 25.0 Å². The third-order valence-electron chi connectivity index (χ3n) is 4.57. The number of thiophene rings is 1. The zero-order valence-corrected chi connectivity index (χ0v) is 16.4. The maximum absolute atomic E-state index is 12.5. The number of oxime groups is 1. The van der Waals surface area contributed by atoms with Gasteiger partial charge in [-0.15, -0.1) is 11.3 Å². The van der Waals surface area contributed by atoms with Crippen molar-refractivity contribution < 1.29 is 24.0 Å². The van der Waals surface area contributed by atoms with Crippen LogP contribution in [-0.4, -0.2) is 60.2 Å². The predicted molar refractivity (Wildman–Crippen MR) is 100.0 cm³/mol. The lowest BCUT2D eigenvalue weighted by molar-refractivity contribution is -0.141. The SMILES string of the molecule is CC(=O)OCCNC(=O)C1=NOC2(CCN(C(=O)c3sccc3Cl)CC2)C1. The molecule has 3 heterocycles. The van der Waals surface area contributed by atoms with E-state index >= 15 is 0 Å². The lowest BCUT2D eigenvalue weighted by atomic mass is 9.86. The van der Waals surface area contributed by atoms with Crippen molar-refractivity contribution in [2.24, 2.45) is 5.16 Å². The quantitative estimate of drug-likeness (QED) is 0.586. The van der Waals surface area contributed by atoms with Gasteiger partial charge in [0.25, 0.3) is 11.8 Å². The van der Waals surface area contributed by atoms with E-state index in [1.807, 2.05) is 0 Å². The van der Waals surface area contributed by atoms with Crippen molar-refractivity contribution in [3.63, 3.8) is 0 Å². The van der Waals surface area contributed by atoms with Gasteiger partial charge in [-0.1, -0.05) is 16.8 Å². The number of hydrogen-bond donors (Lipinski definition) is 1. The van der Waals surface area contributed by atoms with Gasteiger partial charge in [-0.25, -0.2) is 0 Å². The summed E-state index contributed by atoms with van der Waals surface area (Å²) in [7, 11) is 0. The number of hydrogen-bond acceptors (Lipinski definition) is 7. The lowest BCUT2D eigenvalue weighted by Crippen LogP contribution is -2.47. The number of piperidine rings is 1. The van der Waals surface area contributed by atoms with E-state index in [9.17, 15) is 14.4 Å². The summed E-state index contributed by atoms with van der Waals surface area (Å²) < 4.78 is 4.77. The molecule has 1 aromatic rings. The molecule has 2 amide bonds. The van der Waals surface area contributed by atoms with Crippen molar-refractivity contribution in [2.45, 2.75) is 31.8 Å². The van der Waals surface area contributed by atoms with Crippen LogP contribution in [0.25, 0.3) is 0 Å². The summed E-state index contributed by atoms with van der Waals surface area (Å²) in [5.41, 5.74) is -0.225. The van der Waals surface area contributed by atoms with E-state index in [0.29, 0.717) is 48.0 Å². The minimum absolute atomic E-state index is 0.0767. The predicted octanol–water partition coefficient (Wildman–Crippen LogP) is 1.83. The van der Waals surface area contributed by atoms with Gasteiger partial charge >= 0.3 is 5.97 Å². The van der Waals surface area contributed by atoms with Crippen LogP contribution < -0.4 is 5.32 Å². The minimum Gasteiger partial charge on any atom is -0.464 e. The third-order valence-corrected chi connectivity index (χ3v) is 5.90. The van der Waals surface area contributed by atoms with Crippen LogP contribution in [0.5, 0.6) is 0 Å². The minimum atomic E-state index is -0.543. The summed E-state index contributed by atoms with van der Waals surface area (Å²) in [5, 5.41) is 8.85. The number of likely N-dealkylation sites (tertiary alicyclic amines) is 1. The number of nitrogens with zero attached hydrogens (tertiary/aromatic N) is 2. The van der Waals surface area contributed by atoms with Gasteiger partial charge in [0, 0.05) is 39.3 Å². The second-order valence-electron chi connectivity index (χ2n) is 6.47. The van der Waals surface area contributed by atoms with Gasteiger partial charge in [-0.05, 0) is 11.4 Å². The van der Waals surface area contributed by atoms with Crippen molar-refractivity contribution in [1.82, 2.24) is 10.2 Å². The fourth-order valence-corrected chi connectivity index (χ4v) is 4.18. The number of carbonyl (C=O) groups is 3. The molecule has 27 heavy (non-hydrogen) atoms. The van der Waals surface area contributed by atoms with Gasteiger partial charge in [-0.3, -0.25) is 14.4 Å². The Kier molecular flexibility index (Phi) is 6.01. The fraction of sp³-hybridized carbons (Fsp3) is 0.529. The van der Waals surface area contributed by atoms with Crippen LogP contribution in [-0.2, 0) is 19.2 Å². The second-order valence-corrected chi connectivity index (χ2v) is 7.80.